The zero-order valence-electron chi connectivity index (χ0n) is 31.1. The summed E-state index contributed by atoms with van der Waals surface area (Å²) < 4.78 is 25.3. The summed E-state index contributed by atoms with van der Waals surface area (Å²) in [6.07, 6.45) is 9.47. The molecule has 4 aliphatic heterocycles. The number of hydrogen-bond donors (Lipinski definition) is 0. The summed E-state index contributed by atoms with van der Waals surface area (Å²) in [4.78, 5) is 27.2. The van der Waals surface area contributed by atoms with Crippen molar-refractivity contribution in [3.05, 3.63) is 127 Å². The number of nitrogens with zero attached hydrogens (tertiary/aromatic N) is 4. The fourth-order valence-electron chi connectivity index (χ4n) is 8.95. The molecule has 4 aliphatic rings. The van der Waals surface area contributed by atoms with Crippen molar-refractivity contribution < 1.29 is 28.8 Å². The Morgan fingerprint density at radius 3 is 1.39 bits per heavy atom. The van der Waals surface area contributed by atoms with Crippen molar-refractivity contribution in [1.29, 1.82) is 0 Å². The van der Waals surface area contributed by atoms with Gasteiger partial charge in [-0.05, 0) is 88.1 Å². The molecular weight excluding hydrogens is 688 g/mol. The number of anilines is 2. The minimum Gasteiger partial charge on any atom is -0.493 e. The second kappa shape index (κ2) is 12.3. The molecule has 2 spiro atoms. The topological polar surface area (TPSA) is 130 Å². The van der Waals surface area contributed by atoms with E-state index in [2.05, 4.69) is 61.8 Å². The van der Waals surface area contributed by atoms with E-state index in [1.165, 1.54) is 38.5 Å². The lowest BCUT2D eigenvalue weighted by molar-refractivity contribution is -0.385. The van der Waals surface area contributed by atoms with Gasteiger partial charge in [0.1, 0.15) is 0 Å². The first kappa shape index (κ1) is 35.0. The van der Waals surface area contributed by atoms with E-state index in [1.54, 1.807) is 0 Å². The molecule has 54 heavy (non-hydrogen) atoms. The third-order valence-electron chi connectivity index (χ3n) is 11.8. The number of fused-ring (bicyclic) bond motifs is 4. The van der Waals surface area contributed by atoms with Crippen molar-refractivity contribution in [3.63, 3.8) is 0 Å². The molecule has 0 bridgehead atoms. The number of methoxy groups -OCH3 is 2. The maximum atomic E-state index is 11.7. The molecule has 0 radical (unpaired) electrons. The second-order valence-corrected chi connectivity index (χ2v) is 15.2. The zero-order valence-corrected chi connectivity index (χ0v) is 31.1. The highest BCUT2D eigenvalue weighted by atomic mass is 16.6. The highest BCUT2D eigenvalue weighted by Crippen LogP contribution is 2.58. The maximum absolute atomic E-state index is 11.7. The Labute approximate surface area is 313 Å². The smallest absolute Gasteiger partial charge is 0.274 e. The van der Waals surface area contributed by atoms with Crippen molar-refractivity contribution in [2.24, 2.45) is 0 Å². The van der Waals surface area contributed by atoms with Crippen LogP contribution in [0, 0.1) is 20.2 Å². The molecule has 12 heteroatoms. The third-order valence-corrected chi connectivity index (χ3v) is 11.8. The minimum atomic E-state index is -0.936. The van der Waals surface area contributed by atoms with Gasteiger partial charge in [0.2, 0.25) is 11.4 Å². The number of benzene rings is 4. The van der Waals surface area contributed by atoms with Crippen LogP contribution in [0.3, 0.4) is 0 Å². The number of unbranched alkanes of at least 4 members (excludes halogenated alkanes) is 1. The Balaban J connectivity index is 1.11. The lowest BCUT2D eigenvalue weighted by atomic mass is 9.76. The van der Waals surface area contributed by atoms with E-state index in [-0.39, 0.29) is 11.4 Å². The molecular formula is C42H42N4O8. The second-order valence-electron chi connectivity index (χ2n) is 15.2. The maximum Gasteiger partial charge on any atom is 0.274 e. The molecule has 8 rings (SSSR count). The highest BCUT2D eigenvalue weighted by Gasteiger charge is 2.60. The van der Waals surface area contributed by atoms with Crippen LogP contribution in [-0.2, 0) is 10.8 Å². The molecule has 12 nitrogen and oxygen atoms in total. The van der Waals surface area contributed by atoms with E-state index >= 15 is 0 Å². The van der Waals surface area contributed by atoms with Crippen molar-refractivity contribution in [3.8, 4) is 23.0 Å². The SMILES string of the molecule is COc1cc([N+](=O)[O-])cc2c1OC1(C=C2)N(CCCCN2c3ccccc3C(C)(C)C23C=Cc2cc([N+](=O)[O-])cc(OC)c2O3)c2ccccc2C1(C)C. The van der Waals surface area contributed by atoms with E-state index in [4.69, 9.17) is 18.9 Å². The molecule has 2 unspecified atom stereocenters. The summed E-state index contributed by atoms with van der Waals surface area (Å²) in [7, 11) is 2.99. The Bertz CT molecular complexity index is 2120. The highest BCUT2D eigenvalue weighted by molar-refractivity contribution is 5.77. The molecule has 0 amide bonds. The largest absolute Gasteiger partial charge is 0.493 e. The van der Waals surface area contributed by atoms with E-state index in [0.717, 1.165) is 35.3 Å². The first-order valence-corrected chi connectivity index (χ1v) is 18.0. The van der Waals surface area contributed by atoms with Gasteiger partial charge < -0.3 is 28.7 Å². The molecule has 4 heterocycles. The first-order valence-electron chi connectivity index (χ1n) is 18.0. The Hall–Kier alpha value is -6.04. The molecule has 0 aromatic heterocycles. The van der Waals surface area contributed by atoms with E-state index < -0.39 is 32.1 Å². The van der Waals surface area contributed by atoms with Crippen LogP contribution < -0.4 is 28.7 Å². The Morgan fingerprint density at radius 1 is 0.630 bits per heavy atom. The van der Waals surface area contributed by atoms with Gasteiger partial charge in [-0.2, -0.15) is 0 Å². The van der Waals surface area contributed by atoms with Gasteiger partial charge in [-0.25, -0.2) is 0 Å². The van der Waals surface area contributed by atoms with Crippen molar-refractivity contribution in [1.82, 2.24) is 0 Å². The van der Waals surface area contributed by atoms with Crippen molar-refractivity contribution >= 4 is 34.9 Å². The summed E-state index contributed by atoms with van der Waals surface area (Å²) in [5, 5.41) is 23.4. The number of non-ortho nitro benzene ring substituents is 2. The van der Waals surface area contributed by atoms with Crippen LogP contribution in [-0.4, -0.2) is 48.6 Å². The quantitative estimate of drug-likeness (QED) is 0.0936. The number of ether oxygens (including phenoxy) is 4. The van der Waals surface area contributed by atoms with Gasteiger partial charge in [0.05, 0.1) is 47.0 Å². The van der Waals surface area contributed by atoms with Crippen LogP contribution in [0.15, 0.2) is 84.9 Å². The number of nitro benzene ring substituents is 2. The molecule has 2 atom stereocenters. The zero-order chi connectivity index (χ0) is 38.2. The first-order chi connectivity index (χ1) is 25.8. The van der Waals surface area contributed by atoms with Crippen LogP contribution in [0.1, 0.15) is 62.8 Å². The van der Waals surface area contributed by atoms with Crippen LogP contribution >= 0.6 is 0 Å². The van der Waals surface area contributed by atoms with Gasteiger partial charge in [-0.15, -0.1) is 0 Å². The monoisotopic (exact) mass is 730 g/mol. The van der Waals surface area contributed by atoms with Gasteiger partial charge in [-0.3, -0.25) is 20.2 Å². The van der Waals surface area contributed by atoms with Crippen LogP contribution in [0.5, 0.6) is 23.0 Å². The summed E-state index contributed by atoms with van der Waals surface area (Å²) in [5.74, 6) is 1.56. The fraction of sp³-hybridized carbons (Fsp3) is 0.333. The number of nitro groups is 2. The molecule has 0 saturated carbocycles. The number of para-hydroxylation sites is 2. The number of hydrogen-bond acceptors (Lipinski definition) is 10. The summed E-state index contributed by atoms with van der Waals surface area (Å²) >= 11 is 0. The lowest BCUT2D eigenvalue weighted by Gasteiger charge is -2.48. The van der Waals surface area contributed by atoms with Gasteiger partial charge in [-0.1, -0.05) is 36.4 Å². The Kier molecular flexibility index (Phi) is 7.95. The molecule has 0 saturated heterocycles. The summed E-state index contributed by atoms with van der Waals surface area (Å²) in [5.41, 5.74) is 2.58. The molecule has 0 fully saturated rings. The van der Waals surface area contributed by atoms with Crippen LogP contribution in [0.2, 0.25) is 0 Å². The predicted octanol–water partition coefficient (Wildman–Crippen LogP) is 8.80. The average Bonchev–Trinajstić information content (AvgIpc) is 3.45. The van der Waals surface area contributed by atoms with Gasteiger partial charge >= 0.3 is 0 Å². The molecule has 4 aromatic carbocycles. The number of rotatable bonds is 9. The average molecular weight is 731 g/mol. The summed E-state index contributed by atoms with van der Waals surface area (Å²) in [6, 6.07) is 22.5. The fourth-order valence-corrected chi connectivity index (χ4v) is 8.95. The van der Waals surface area contributed by atoms with Crippen LogP contribution in [0.25, 0.3) is 12.2 Å². The lowest BCUT2D eigenvalue weighted by Crippen LogP contribution is -2.60. The van der Waals surface area contributed by atoms with E-state index in [1.807, 2.05) is 48.6 Å². The standard InChI is InChI=1S/C42H42N4O8/c1-39(2)31-13-7-9-15-33(31)43(41(39)19-17-27-23-29(45(47)48)25-35(51-5)37(27)53-41)21-11-12-22-44-34-16-10-8-14-32(34)40(3,4)42(44)20-18-28-24-30(46(49)50)26-36(52-6)38(28)54-42/h7-10,13-20,23-26H,11-12,21-22H2,1-6H3. The van der Waals surface area contributed by atoms with Crippen molar-refractivity contribution in [2.45, 2.75) is 62.8 Å². The van der Waals surface area contributed by atoms with Gasteiger partial charge in [0, 0.05) is 47.7 Å². The predicted molar refractivity (Wildman–Crippen MR) is 207 cm³/mol. The van der Waals surface area contributed by atoms with Gasteiger partial charge in [0.15, 0.2) is 23.0 Å². The van der Waals surface area contributed by atoms with E-state index in [9.17, 15) is 20.2 Å². The molecule has 278 valence electrons. The third kappa shape index (κ3) is 4.81. The van der Waals surface area contributed by atoms with Gasteiger partial charge in [0.25, 0.3) is 11.4 Å². The molecule has 0 aliphatic carbocycles. The molecule has 4 aromatic rings. The minimum absolute atomic E-state index is 0.0647. The summed E-state index contributed by atoms with van der Waals surface area (Å²) in [6.45, 7) is 9.97. The van der Waals surface area contributed by atoms with Crippen LogP contribution in [0.4, 0.5) is 22.7 Å². The van der Waals surface area contributed by atoms with E-state index in [0.29, 0.717) is 47.2 Å². The van der Waals surface area contributed by atoms with Crippen molar-refractivity contribution in [2.75, 3.05) is 37.1 Å². The molecule has 0 N–H and O–H groups in total. The normalized spacial score (nSPS) is 21.9. The Morgan fingerprint density at radius 2 is 1.02 bits per heavy atom.